The summed E-state index contributed by atoms with van der Waals surface area (Å²) in [5.41, 5.74) is 1.20. The first-order valence-corrected chi connectivity index (χ1v) is 8.60. The Bertz CT molecular complexity index is 1200. The minimum absolute atomic E-state index is 0.00160. The number of nitrogens with zero attached hydrogens (tertiary/aromatic N) is 2. The normalized spacial score (nSPS) is 13.7. The standard InChI is InChI=1S/C19H13BrN4O2/c20-14-9-5-4-6-11(14)10-13-16-15(19(26)22-18(13)25)17(21)24(23-16)12-7-2-1-3-8-12/h1-10,21,26H,(H,22,25). The van der Waals surface area contributed by atoms with Crippen LogP contribution in [0.15, 0.2) is 69.0 Å². The Kier molecular flexibility index (Phi) is 3.93. The summed E-state index contributed by atoms with van der Waals surface area (Å²) < 4.78 is 0.828. The van der Waals surface area contributed by atoms with E-state index in [0.717, 1.165) is 10.0 Å². The quantitative estimate of drug-likeness (QED) is 0.605. The second kappa shape index (κ2) is 6.27. The van der Waals surface area contributed by atoms with Crippen molar-refractivity contribution in [2.45, 2.75) is 0 Å². The Morgan fingerprint density at radius 3 is 2.54 bits per heavy atom. The number of aromatic amines is 1. The highest BCUT2D eigenvalue weighted by atomic mass is 79.9. The van der Waals surface area contributed by atoms with Gasteiger partial charge in [-0.25, -0.2) is 5.01 Å². The summed E-state index contributed by atoms with van der Waals surface area (Å²) in [5.74, 6) is -0.358. The van der Waals surface area contributed by atoms with Gasteiger partial charge in [0.15, 0.2) is 5.84 Å². The minimum atomic E-state index is -0.469. The van der Waals surface area contributed by atoms with Gasteiger partial charge in [0, 0.05) is 4.47 Å². The number of aromatic hydroxyl groups is 1. The number of halogens is 1. The number of aromatic nitrogens is 1. The van der Waals surface area contributed by atoms with E-state index in [1.54, 1.807) is 18.2 Å². The molecule has 128 valence electrons. The van der Waals surface area contributed by atoms with E-state index in [0.29, 0.717) is 5.69 Å². The molecule has 0 atom stereocenters. The second-order valence-corrected chi connectivity index (χ2v) is 6.56. The van der Waals surface area contributed by atoms with Crippen molar-refractivity contribution in [2.24, 2.45) is 5.10 Å². The maximum atomic E-state index is 12.5. The van der Waals surface area contributed by atoms with Crippen molar-refractivity contribution in [2.75, 3.05) is 5.01 Å². The number of nitrogens with one attached hydrogen (secondary N) is 2. The zero-order valence-corrected chi connectivity index (χ0v) is 15.0. The molecule has 0 fully saturated rings. The molecule has 0 radical (unpaired) electrons. The van der Waals surface area contributed by atoms with Gasteiger partial charge in [0.05, 0.1) is 10.9 Å². The maximum Gasteiger partial charge on any atom is 0.260 e. The highest BCUT2D eigenvalue weighted by molar-refractivity contribution is 9.10. The van der Waals surface area contributed by atoms with E-state index in [4.69, 9.17) is 5.41 Å². The molecule has 0 saturated heterocycles. The first-order valence-electron chi connectivity index (χ1n) is 7.80. The average molecular weight is 409 g/mol. The topological polar surface area (TPSA) is 92.5 Å². The largest absolute Gasteiger partial charge is 0.494 e. The molecular weight excluding hydrogens is 396 g/mol. The van der Waals surface area contributed by atoms with Crippen LogP contribution >= 0.6 is 15.9 Å². The molecule has 26 heavy (non-hydrogen) atoms. The lowest BCUT2D eigenvalue weighted by Crippen LogP contribution is -2.42. The lowest BCUT2D eigenvalue weighted by Gasteiger charge is -2.13. The molecule has 1 aliphatic rings. The first kappa shape index (κ1) is 16.3. The van der Waals surface area contributed by atoms with Crippen molar-refractivity contribution in [1.29, 1.82) is 5.41 Å². The molecule has 0 spiro atoms. The summed E-state index contributed by atoms with van der Waals surface area (Å²) in [6, 6.07) is 16.6. The SMILES string of the molecule is N=C1c2c(O)[nH]c(=O)c(=Cc3ccccc3Br)c2=NN1c1ccccc1. The van der Waals surface area contributed by atoms with Crippen LogP contribution < -0.4 is 21.1 Å². The molecule has 0 aliphatic carbocycles. The summed E-state index contributed by atoms with van der Waals surface area (Å²) >= 11 is 3.46. The Morgan fingerprint density at radius 1 is 1.12 bits per heavy atom. The Hall–Kier alpha value is -3.19. The van der Waals surface area contributed by atoms with Gasteiger partial charge >= 0.3 is 0 Å². The summed E-state index contributed by atoms with van der Waals surface area (Å²) in [4.78, 5) is 14.9. The van der Waals surface area contributed by atoms with Crippen LogP contribution in [-0.4, -0.2) is 15.9 Å². The predicted octanol–water partition coefficient (Wildman–Crippen LogP) is 2.05. The molecule has 7 heteroatoms. The van der Waals surface area contributed by atoms with Crippen molar-refractivity contribution >= 4 is 33.5 Å². The van der Waals surface area contributed by atoms with Crippen LogP contribution in [0.25, 0.3) is 6.08 Å². The Balaban J connectivity index is 2.02. The third kappa shape index (κ3) is 2.62. The number of hydrogen-bond donors (Lipinski definition) is 3. The number of anilines is 1. The van der Waals surface area contributed by atoms with Gasteiger partial charge in [-0.2, -0.15) is 5.10 Å². The summed E-state index contributed by atoms with van der Waals surface area (Å²) in [6.07, 6.45) is 1.69. The number of fused-ring (bicyclic) bond motifs is 1. The van der Waals surface area contributed by atoms with E-state index in [1.807, 2.05) is 42.5 Å². The van der Waals surface area contributed by atoms with Crippen molar-refractivity contribution in [3.63, 3.8) is 0 Å². The van der Waals surface area contributed by atoms with E-state index in [-0.39, 0.29) is 27.9 Å². The van der Waals surface area contributed by atoms with Gasteiger partial charge in [-0.3, -0.25) is 15.2 Å². The second-order valence-electron chi connectivity index (χ2n) is 5.70. The lowest BCUT2D eigenvalue weighted by molar-refractivity contribution is 0.449. The third-order valence-electron chi connectivity index (χ3n) is 4.06. The highest BCUT2D eigenvalue weighted by Crippen LogP contribution is 2.21. The molecule has 4 rings (SSSR count). The molecule has 0 unspecified atom stereocenters. The number of pyridine rings is 1. The average Bonchev–Trinajstić information content (AvgIpc) is 2.98. The fraction of sp³-hybridized carbons (Fsp3) is 0. The van der Waals surface area contributed by atoms with Gasteiger partial charge in [-0.05, 0) is 29.8 Å². The van der Waals surface area contributed by atoms with Crippen molar-refractivity contribution in [1.82, 2.24) is 4.98 Å². The number of benzene rings is 2. The van der Waals surface area contributed by atoms with Crippen molar-refractivity contribution < 1.29 is 5.11 Å². The molecule has 3 aromatic rings. The van der Waals surface area contributed by atoms with Crippen LogP contribution in [0, 0.1) is 5.41 Å². The Labute approximate surface area is 156 Å². The van der Waals surface area contributed by atoms with Crippen molar-refractivity contribution in [3.05, 3.63) is 91.1 Å². The zero-order chi connectivity index (χ0) is 18.3. The van der Waals surface area contributed by atoms with Gasteiger partial charge in [0.2, 0.25) is 5.88 Å². The minimum Gasteiger partial charge on any atom is -0.494 e. The molecule has 2 heterocycles. The van der Waals surface area contributed by atoms with E-state index in [1.165, 1.54) is 5.01 Å². The van der Waals surface area contributed by atoms with Gasteiger partial charge < -0.3 is 5.11 Å². The number of H-pyrrole nitrogens is 1. The molecule has 0 saturated carbocycles. The maximum absolute atomic E-state index is 12.5. The summed E-state index contributed by atoms with van der Waals surface area (Å²) in [7, 11) is 0. The molecule has 2 aromatic carbocycles. The van der Waals surface area contributed by atoms with Crippen LogP contribution in [0.3, 0.4) is 0 Å². The smallest absolute Gasteiger partial charge is 0.260 e. The first-order chi connectivity index (χ1) is 12.6. The number of para-hydroxylation sites is 1. The zero-order valence-electron chi connectivity index (χ0n) is 13.4. The van der Waals surface area contributed by atoms with Crippen LogP contribution in [0.4, 0.5) is 5.69 Å². The molecule has 0 amide bonds. The van der Waals surface area contributed by atoms with Gasteiger partial charge in [0.1, 0.15) is 10.9 Å². The van der Waals surface area contributed by atoms with E-state index < -0.39 is 5.56 Å². The predicted molar refractivity (Wildman–Crippen MR) is 103 cm³/mol. The molecule has 3 N–H and O–H groups in total. The molecule has 1 aromatic heterocycles. The fourth-order valence-electron chi connectivity index (χ4n) is 2.81. The van der Waals surface area contributed by atoms with Crippen LogP contribution in [0.2, 0.25) is 0 Å². The van der Waals surface area contributed by atoms with Crippen LogP contribution in [0.1, 0.15) is 11.1 Å². The molecule has 1 aliphatic heterocycles. The number of rotatable bonds is 2. The molecule has 0 bridgehead atoms. The number of amidine groups is 1. The summed E-state index contributed by atoms with van der Waals surface area (Å²) in [5, 5.41) is 25.0. The number of hydrogen-bond acceptors (Lipinski definition) is 4. The van der Waals surface area contributed by atoms with E-state index in [9.17, 15) is 9.90 Å². The van der Waals surface area contributed by atoms with Crippen LogP contribution in [-0.2, 0) is 0 Å². The fourth-order valence-corrected chi connectivity index (χ4v) is 3.21. The monoisotopic (exact) mass is 408 g/mol. The third-order valence-corrected chi connectivity index (χ3v) is 4.78. The van der Waals surface area contributed by atoms with Crippen LogP contribution in [0.5, 0.6) is 5.88 Å². The lowest BCUT2D eigenvalue weighted by atomic mass is 10.1. The molecular formula is C19H13BrN4O2. The van der Waals surface area contributed by atoms with E-state index in [2.05, 4.69) is 26.0 Å². The van der Waals surface area contributed by atoms with Gasteiger partial charge in [-0.15, -0.1) is 0 Å². The Morgan fingerprint density at radius 2 is 1.81 bits per heavy atom. The van der Waals surface area contributed by atoms with E-state index >= 15 is 0 Å². The van der Waals surface area contributed by atoms with Gasteiger partial charge in [-0.1, -0.05) is 52.3 Å². The molecule has 6 nitrogen and oxygen atoms in total. The summed E-state index contributed by atoms with van der Waals surface area (Å²) in [6.45, 7) is 0. The van der Waals surface area contributed by atoms with Gasteiger partial charge in [0.25, 0.3) is 5.56 Å². The van der Waals surface area contributed by atoms with Crippen molar-refractivity contribution in [3.8, 4) is 5.88 Å². The highest BCUT2D eigenvalue weighted by Gasteiger charge is 2.26.